The van der Waals surface area contributed by atoms with Crippen LogP contribution in [0.3, 0.4) is 0 Å². The van der Waals surface area contributed by atoms with Crippen molar-refractivity contribution >= 4 is 18.7 Å². The zero-order valence-corrected chi connectivity index (χ0v) is 15.6. The topological polar surface area (TPSA) is 9.23 Å². The predicted octanol–water partition coefficient (Wildman–Crippen LogP) is 4.17. The second-order valence-electron chi connectivity index (χ2n) is 7.13. The van der Waals surface area contributed by atoms with Crippen molar-refractivity contribution in [3.63, 3.8) is 0 Å². The molecule has 2 aromatic carbocycles. The van der Waals surface area contributed by atoms with Crippen molar-refractivity contribution in [1.29, 1.82) is 0 Å². The van der Waals surface area contributed by atoms with E-state index in [0.29, 0.717) is 0 Å². The fourth-order valence-electron chi connectivity index (χ4n) is 4.08. The number of hydrogen-bond acceptors (Lipinski definition) is 1. The number of rotatable bonds is 7. The van der Waals surface area contributed by atoms with Crippen LogP contribution in [0.25, 0.3) is 0 Å². The maximum Gasteiger partial charge on any atom is 0.265 e. The number of hydrogen-bond donors (Lipinski definition) is 0. The summed E-state index contributed by atoms with van der Waals surface area (Å²) >= 11 is 0. The van der Waals surface area contributed by atoms with Crippen LogP contribution in [0.1, 0.15) is 52.0 Å². The molecule has 122 valence electrons. The van der Waals surface area contributed by atoms with Gasteiger partial charge in [-0.05, 0) is 22.4 Å². The molecule has 0 fully saturated rings. The number of fused-ring (bicyclic) bond motifs is 1. The van der Waals surface area contributed by atoms with Gasteiger partial charge in [0.2, 0.25) is 0 Å². The van der Waals surface area contributed by atoms with Gasteiger partial charge in [-0.25, -0.2) is 0 Å². The Labute approximate surface area is 141 Å². The van der Waals surface area contributed by atoms with Gasteiger partial charge in [0.05, 0.1) is 0 Å². The Kier molecular flexibility index (Phi) is 4.74. The van der Waals surface area contributed by atoms with E-state index < -0.39 is 8.32 Å². The molecule has 0 amide bonds. The lowest BCUT2D eigenvalue weighted by molar-refractivity contribution is 0.279. The van der Waals surface area contributed by atoms with Crippen molar-refractivity contribution in [3.05, 3.63) is 60.2 Å². The van der Waals surface area contributed by atoms with Crippen LogP contribution in [0.15, 0.2) is 54.6 Å². The molecule has 23 heavy (non-hydrogen) atoms. The van der Waals surface area contributed by atoms with Crippen molar-refractivity contribution in [2.75, 3.05) is 6.61 Å². The number of unbranched alkanes of at least 4 members (excludes halogenated alkanes) is 3. The molecule has 1 atom stereocenters. The Hall–Kier alpha value is -1.38. The predicted molar refractivity (Wildman–Crippen MR) is 101 cm³/mol. The van der Waals surface area contributed by atoms with Gasteiger partial charge in [-0.3, -0.25) is 0 Å². The van der Waals surface area contributed by atoms with Gasteiger partial charge in [-0.1, -0.05) is 94.6 Å². The SMILES string of the molecule is CCCCCCO[Si]1(c2ccccc2)c2ccccc2C1(C)C. The molecule has 0 aliphatic carbocycles. The van der Waals surface area contributed by atoms with Crippen molar-refractivity contribution in [2.45, 2.75) is 51.5 Å². The highest BCUT2D eigenvalue weighted by Crippen LogP contribution is 2.42. The summed E-state index contributed by atoms with van der Waals surface area (Å²) in [6.45, 7) is 7.90. The highest BCUT2D eigenvalue weighted by molar-refractivity contribution is 7.03. The Morgan fingerprint density at radius 2 is 1.57 bits per heavy atom. The van der Waals surface area contributed by atoms with E-state index in [1.54, 1.807) is 0 Å². The highest BCUT2D eigenvalue weighted by atomic mass is 28.4. The molecular weight excluding hydrogens is 296 g/mol. The lowest BCUT2D eigenvalue weighted by Gasteiger charge is -2.55. The first-order valence-corrected chi connectivity index (χ1v) is 10.8. The normalized spacial score (nSPS) is 21.5. The first-order valence-electron chi connectivity index (χ1n) is 8.94. The molecule has 1 aliphatic rings. The Bertz CT molecular complexity index is 650. The summed E-state index contributed by atoms with van der Waals surface area (Å²) in [5.41, 5.74) is 1.48. The molecule has 1 aliphatic heterocycles. The van der Waals surface area contributed by atoms with Crippen LogP contribution in [-0.2, 0) is 9.46 Å². The van der Waals surface area contributed by atoms with Gasteiger partial charge in [-0.15, -0.1) is 0 Å². The average Bonchev–Trinajstić information content (AvgIpc) is 2.59. The van der Waals surface area contributed by atoms with E-state index in [2.05, 4.69) is 75.4 Å². The maximum absolute atomic E-state index is 6.78. The maximum atomic E-state index is 6.78. The van der Waals surface area contributed by atoms with E-state index >= 15 is 0 Å². The zero-order valence-electron chi connectivity index (χ0n) is 14.6. The molecule has 0 bridgehead atoms. The molecule has 0 saturated heterocycles. The first kappa shape index (κ1) is 16.5. The highest BCUT2D eigenvalue weighted by Gasteiger charge is 2.62. The van der Waals surface area contributed by atoms with Crippen molar-refractivity contribution in [1.82, 2.24) is 0 Å². The van der Waals surface area contributed by atoms with Gasteiger partial charge >= 0.3 is 0 Å². The lowest BCUT2D eigenvalue weighted by Crippen LogP contribution is -2.80. The second-order valence-corrected chi connectivity index (χ2v) is 11.1. The Morgan fingerprint density at radius 3 is 2.30 bits per heavy atom. The van der Waals surface area contributed by atoms with Crippen LogP contribution in [0.4, 0.5) is 0 Å². The summed E-state index contributed by atoms with van der Waals surface area (Å²) in [4.78, 5) is 0. The quantitative estimate of drug-likeness (QED) is 0.548. The summed E-state index contributed by atoms with van der Waals surface area (Å²) in [6, 6.07) is 19.9. The molecule has 0 spiro atoms. The molecule has 3 rings (SSSR count). The molecule has 0 N–H and O–H groups in total. The minimum absolute atomic E-state index is 0.135. The number of benzene rings is 2. The molecule has 2 aromatic rings. The minimum atomic E-state index is -2.13. The Morgan fingerprint density at radius 1 is 0.870 bits per heavy atom. The van der Waals surface area contributed by atoms with Crippen LogP contribution in [0.2, 0.25) is 0 Å². The van der Waals surface area contributed by atoms with E-state index in [0.717, 1.165) is 6.61 Å². The standard InChI is InChI=1S/C21H28OSi/c1-4-5-6-12-17-22-23(18-13-8-7-9-14-18)20-16-11-10-15-19(20)21(23,2)3/h7-11,13-16H,4-6,12,17H2,1-3H3. The smallest absolute Gasteiger partial charge is 0.265 e. The minimum Gasteiger partial charge on any atom is -0.407 e. The van der Waals surface area contributed by atoms with Gasteiger partial charge in [0.1, 0.15) is 0 Å². The summed E-state index contributed by atoms with van der Waals surface area (Å²) in [6.07, 6.45) is 5.03. The third kappa shape index (κ3) is 2.58. The third-order valence-corrected chi connectivity index (χ3v) is 10.4. The van der Waals surface area contributed by atoms with Gasteiger partial charge in [0, 0.05) is 11.6 Å². The van der Waals surface area contributed by atoms with Gasteiger partial charge < -0.3 is 4.43 Å². The Balaban J connectivity index is 1.93. The van der Waals surface area contributed by atoms with Gasteiger partial charge in [-0.2, -0.15) is 0 Å². The molecule has 0 saturated carbocycles. The van der Waals surface area contributed by atoms with Crippen LogP contribution in [0.5, 0.6) is 0 Å². The van der Waals surface area contributed by atoms with Crippen LogP contribution < -0.4 is 10.4 Å². The lowest BCUT2D eigenvalue weighted by atomic mass is 10.0. The van der Waals surface area contributed by atoms with E-state index in [1.807, 2.05) is 0 Å². The van der Waals surface area contributed by atoms with Crippen molar-refractivity contribution in [2.24, 2.45) is 0 Å². The van der Waals surface area contributed by atoms with E-state index in [9.17, 15) is 0 Å². The van der Waals surface area contributed by atoms with E-state index in [-0.39, 0.29) is 5.04 Å². The van der Waals surface area contributed by atoms with E-state index in [4.69, 9.17) is 4.43 Å². The van der Waals surface area contributed by atoms with Crippen LogP contribution in [0, 0.1) is 0 Å². The zero-order chi connectivity index (χ0) is 16.3. The largest absolute Gasteiger partial charge is 0.407 e. The molecule has 1 unspecified atom stereocenters. The van der Waals surface area contributed by atoms with Gasteiger partial charge in [0.15, 0.2) is 0 Å². The summed E-state index contributed by atoms with van der Waals surface area (Å²) < 4.78 is 6.78. The van der Waals surface area contributed by atoms with Crippen molar-refractivity contribution < 1.29 is 4.43 Å². The fraction of sp³-hybridized carbons (Fsp3) is 0.429. The second kappa shape index (κ2) is 6.62. The molecular formula is C21H28OSi. The van der Waals surface area contributed by atoms with Crippen LogP contribution >= 0.6 is 0 Å². The summed E-state index contributed by atoms with van der Waals surface area (Å²) in [7, 11) is -2.13. The molecule has 0 radical (unpaired) electrons. The monoisotopic (exact) mass is 324 g/mol. The van der Waals surface area contributed by atoms with Crippen LogP contribution in [-0.4, -0.2) is 14.9 Å². The molecule has 1 nitrogen and oxygen atoms in total. The first-order chi connectivity index (χ1) is 11.1. The van der Waals surface area contributed by atoms with Crippen molar-refractivity contribution in [3.8, 4) is 0 Å². The fourth-order valence-corrected chi connectivity index (χ4v) is 9.10. The summed E-state index contributed by atoms with van der Waals surface area (Å²) in [5.74, 6) is 0. The third-order valence-electron chi connectivity index (χ3n) is 5.36. The van der Waals surface area contributed by atoms with E-state index in [1.165, 1.54) is 41.6 Å². The summed E-state index contributed by atoms with van der Waals surface area (Å²) in [5, 5.41) is 3.03. The van der Waals surface area contributed by atoms with Gasteiger partial charge in [0.25, 0.3) is 8.32 Å². The average molecular weight is 325 g/mol. The molecule has 1 heterocycles. The molecule has 0 aromatic heterocycles. The molecule has 2 heteroatoms.